The van der Waals surface area contributed by atoms with E-state index in [0.29, 0.717) is 22.8 Å². The Balaban J connectivity index is -0.000000218. The van der Waals surface area contributed by atoms with Crippen LogP contribution in [0.25, 0.3) is 0 Å². The Hall–Kier alpha value is -1.60. The molecule has 0 unspecified atom stereocenters. The van der Waals surface area contributed by atoms with Crippen molar-refractivity contribution in [1.82, 2.24) is 0 Å². The maximum absolute atomic E-state index is 8.03. The summed E-state index contributed by atoms with van der Waals surface area (Å²) in [5.41, 5.74) is 1.25. The van der Waals surface area contributed by atoms with Crippen molar-refractivity contribution < 1.29 is 37.9 Å². The fourth-order valence-corrected chi connectivity index (χ4v) is 0.289. The molecule has 0 spiro atoms. The van der Waals surface area contributed by atoms with Crippen molar-refractivity contribution in [2.45, 2.75) is 27.7 Å². The van der Waals surface area contributed by atoms with Gasteiger partial charge in [0, 0.05) is 17.1 Å². The summed E-state index contributed by atoms with van der Waals surface area (Å²) in [6.45, 7) is 6.15. The van der Waals surface area contributed by atoms with Gasteiger partial charge in [0.25, 0.3) is 0 Å². The number of hydrogen-bond donors (Lipinski definition) is 4. The van der Waals surface area contributed by atoms with Gasteiger partial charge in [-0.2, -0.15) is 0 Å². The molecule has 0 aromatic heterocycles. The first-order valence-electron chi connectivity index (χ1n) is 4.19. The quantitative estimate of drug-likeness (QED) is 0.265. The third kappa shape index (κ3) is 10.7. The molecule has 0 saturated heterocycles. The minimum atomic E-state index is 0. The van der Waals surface area contributed by atoms with Crippen molar-refractivity contribution in [2.24, 2.45) is 20.6 Å². The molecule has 9 heteroatoms. The molecule has 0 bridgehead atoms. The molecule has 0 saturated carbocycles. The zero-order chi connectivity index (χ0) is 13.1. The molecule has 0 amide bonds. The van der Waals surface area contributed by atoms with Crippen molar-refractivity contribution in [2.75, 3.05) is 0 Å². The zero-order valence-corrected chi connectivity index (χ0v) is 10.8. The predicted octanol–water partition coefficient (Wildman–Crippen LogP) is 1.37. The Morgan fingerprint density at radius 2 is 0.647 bits per heavy atom. The van der Waals surface area contributed by atoms with Crippen molar-refractivity contribution >= 4 is 22.8 Å². The molecule has 17 heavy (non-hydrogen) atoms. The second kappa shape index (κ2) is 12.5. The summed E-state index contributed by atoms with van der Waals surface area (Å²) in [5.74, 6) is 0. The van der Waals surface area contributed by atoms with E-state index in [1.807, 2.05) is 0 Å². The third-order valence-electron chi connectivity index (χ3n) is 1.65. The average molecular weight is 296 g/mol. The van der Waals surface area contributed by atoms with Crippen LogP contribution >= 0.6 is 0 Å². The summed E-state index contributed by atoms with van der Waals surface area (Å²) in [4.78, 5) is 0. The molecule has 0 rings (SSSR count). The molecule has 1 radical (unpaired) electrons. The van der Waals surface area contributed by atoms with Crippen molar-refractivity contribution in [3.8, 4) is 0 Å². The Morgan fingerprint density at radius 3 is 0.706 bits per heavy atom. The number of rotatable bonds is 2. The molecule has 0 aliphatic heterocycles. The summed E-state index contributed by atoms with van der Waals surface area (Å²) >= 11 is 0. The zero-order valence-electron chi connectivity index (χ0n) is 9.88. The fourth-order valence-electron chi connectivity index (χ4n) is 0.289. The topological polar surface area (TPSA) is 130 Å². The maximum Gasteiger partial charge on any atom is 0.101 e. The Labute approximate surface area is 109 Å². The summed E-state index contributed by atoms with van der Waals surface area (Å²) in [6, 6.07) is 0. The first-order valence-corrected chi connectivity index (χ1v) is 4.19. The molecule has 0 aromatic rings. The van der Waals surface area contributed by atoms with Crippen LogP contribution in [0.4, 0.5) is 0 Å². The number of oxime groups is 4. The molecule has 0 atom stereocenters. The minimum absolute atomic E-state index is 0. The first kappa shape index (κ1) is 20.8. The molecule has 0 aromatic carbocycles. The van der Waals surface area contributed by atoms with Gasteiger partial charge in [-0.3, -0.25) is 0 Å². The van der Waals surface area contributed by atoms with Gasteiger partial charge >= 0.3 is 0 Å². The molecule has 0 fully saturated rings. The summed E-state index contributed by atoms with van der Waals surface area (Å²) in [5, 5.41) is 43.3. The van der Waals surface area contributed by atoms with Gasteiger partial charge in [0.15, 0.2) is 0 Å². The number of nitrogens with zero attached hydrogens (tertiary/aromatic N) is 4. The monoisotopic (exact) mass is 295 g/mol. The van der Waals surface area contributed by atoms with Crippen LogP contribution in [-0.2, 0) is 17.1 Å². The van der Waals surface area contributed by atoms with E-state index in [2.05, 4.69) is 20.6 Å². The summed E-state index contributed by atoms with van der Waals surface area (Å²) in [6.07, 6.45) is 0. The SMILES string of the molecule is CC(=NO)C(C)=NO.CC(=NO)C(C)=NO.[Cu]. The Kier molecular flexibility index (Phi) is 15.2. The first-order chi connectivity index (χ1) is 7.44. The van der Waals surface area contributed by atoms with Crippen LogP contribution < -0.4 is 0 Å². The van der Waals surface area contributed by atoms with Gasteiger partial charge in [-0.05, 0) is 27.7 Å². The van der Waals surface area contributed by atoms with Gasteiger partial charge in [-0.1, -0.05) is 20.6 Å². The van der Waals surface area contributed by atoms with Crippen LogP contribution in [0.3, 0.4) is 0 Å². The molecule has 0 aliphatic rings. The van der Waals surface area contributed by atoms with E-state index < -0.39 is 0 Å². The van der Waals surface area contributed by atoms with Gasteiger partial charge < -0.3 is 20.8 Å². The van der Waals surface area contributed by atoms with Crippen molar-refractivity contribution in [1.29, 1.82) is 0 Å². The van der Waals surface area contributed by atoms with Crippen molar-refractivity contribution in [3.05, 3.63) is 0 Å². The van der Waals surface area contributed by atoms with Gasteiger partial charge in [0.2, 0.25) is 0 Å². The third-order valence-corrected chi connectivity index (χ3v) is 1.65. The van der Waals surface area contributed by atoms with E-state index in [9.17, 15) is 0 Å². The van der Waals surface area contributed by atoms with Crippen LogP contribution in [0.2, 0.25) is 0 Å². The largest absolute Gasteiger partial charge is 0.411 e. The average Bonchev–Trinajstić information content (AvgIpc) is 2.35. The van der Waals surface area contributed by atoms with E-state index in [4.69, 9.17) is 20.8 Å². The molecular weight excluding hydrogens is 280 g/mol. The molecule has 0 heterocycles. The smallest absolute Gasteiger partial charge is 0.101 e. The Morgan fingerprint density at radius 1 is 0.529 bits per heavy atom. The van der Waals surface area contributed by atoms with Gasteiger partial charge in [-0.15, -0.1) is 0 Å². The van der Waals surface area contributed by atoms with Gasteiger partial charge in [0.05, 0.1) is 0 Å². The van der Waals surface area contributed by atoms with Crippen LogP contribution in [0.15, 0.2) is 20.6 Å². The predicted molar refractivity (Wildman–Crippen MR) is 59.6 cm³/mol. The van der Waals surface area contributed by atoms with Crippen molar-refractivity contribution in [3.63, 3.8) is 0 Å². The molecular formula is C8H16CuN4O4. The Bertz CT molecular complexity index is 261. The summed E-state index contributed by atoms with van der Waals surface area (Å²) < 4.78 is 0. The maximum atomic E-state index is 8.03. The minimum Gasteiger partial charge on any atom is -0.411 e. The second-order valence-electron chi connectivity index (χ2n) is 2.74. The molecule has 4 N–H and O–H groups in total. The van der Waals surface area contributed by atoms with Crippen LogP contribution in [0, 0.1) is 0 Å². The number of hydrogen-bond acceptors (Lipinski definition) is 8. The van der Waals surface area contributed by atoms with E-state index in [1.54, 1.807) is 0 Å². The normalized spacial score (nSPS) is 13.4. The van der Waals surface area contributed by atoms with E-state index in [-0.39, 0.29) is 17.1 Å². The fraction of sp³-hybridized carbons (Fsp3) is 0.500. The standard InChI is InChI=1S/2C4H8N2O2.Cu/c2*1-3(5-7)4(2)6-8;/h2*7-8H,1-2H3;. The van der Waals surface area contributed by atoms with Crippen LogP contribution in [-0.4, -0.2) is 43.7 Å². The second-order valence-corrected chi connectivity index (χ2v) is 2.74. The molecule has 0 aliphatic carbocycles. The van der Waals surface area contributed by atoms with Gasteiger partial charge in [0.1, 0.15) is 22.8 Å². The van der Waals surface area contributed by atoms with E-state index >= 15 is 0 Å². The van der Waals surface area contributed by atoms with E-state index in [0.717, 1.165) is 0 Å². The van der Waals surface area contributed by atoms with Crippen LogP contribution in [0.1, 0.15) is 27.7 Å². The summed E-state index contributed by atoms with van der Waals surface area (Å²) in [7, 11) is 0. The van der Waals surface area contributed by atoms with Gasteiger partial charge in [-0.25, -0.2) is 0 Å². The molecule has 103 valence electrons. The molecule has 8 nitrogen and oxygen atoms in total. The van der Waals surface area contributed by atoms with E-state index in [1.165, 1.54) is 27.7 Å². The van der Waals surface area contributed by atoms with Crippen LogP contribution in [0.5, 0.6) is 0 Å².